The highest BCUT2D eigenvalue weighted by atomic mass is 15.1. The summed E-state index contributed by atoms with van der Waals surface area (Å²) in [6.07, 6.45) is 4.88. The SMILES string of the molecule is CN(C)C1CCNCCCCC1N. The summed E-state index contributed by atoms with van der Waals surface area (Å²) in [7, 11) is 4.25. The molecule has 0 saturated carbocycles. The average Bonchev–Trinajstić information content (AvgIpc) is 2.16. The van der Waals surface area contributed by atoms with Crippen LogP contribution in [0.1, 0.15) is 25.7 Å². The minimum absolute atomic E-state index is 0.356. The molecular formula is C10H23N3. The molecule has 0 aromatic carbocycles. The summed E-state index contributed by atoms with van der Waals surface area (Å²) < 4.78 is 0. The van der Waals surface area contributed by atoms with Crippen molar-refractivity contribution >= 4 is 0 Å². The third-order valence-electron chi connectivity index (χ3n) is 2.92. The van der Waals surface area contributed by atoms with Gasteiger partial charge < -0.3 is 16.0 Å². The quantitative estimate of drug-likeness (QED) is 0.621. The van der Waals surface area contributed by atoms with Gasteiger partial charge in [-0.2, -0.15) is 0 Å². The molecule has 1 rings (SSSR count). The highest BCUT2D eigenvalue weighted by molar-refractivity contribution is 4.81. The molecule has 78 valence electrons. The lowest BCUT2D eigenvalue weighted by Gasteiger charge is -2.29. The maximum Gasteiger partial charge on any atom is 0.0253 e. The van der Waals surface area contributed by atoms with Gasteiger partial charge in [0.25, 0.3) is 0 Å². The zero-order valence-corrected chi connectivity index (χ0v) is 8.92. The molecule has 0 radical (unpaired) electrons. The molecule has 3 N–H and O–H groups in total. The van der Waals surface area contributed by atoms with Crippen molar-refractivity contribution in [3.63, 3.8) is 0 Å². The van der Waals surface area contributed by atoms with Crippen LogP contribution in [0.4, 0.5) is 0 Å². The van der Waals surface area contributed by atoms with Crippen molar-refractivity contribution < 1.29 is 0 Å². The van der Waals surface area contributed by atoms with Gasteiger partial charge in [-0.25, -0.2) is 0 Å². The van der Waals surface area contributed by atoms with E-state index in [4.69, 9.17) is 5.73 Å². The highest BCUT2D eigenvalue weighted by Crippen LogP contribution is 2.11. The molecule has 0 spiro atoms. The van der Waals surface area contributed by atoms with Crippen LogP contribution in [0.3, 0.4) is 0 Å². The average molecular weight is 185 g/mol. The first-order valence-electron chi connectivity index (χ1n) is 5.34. The molecule has 0 aromatic rings. The van der Waals surface area contributed by atoms with E-state index in [2.05, 4.69) is 24.3 Å². The number of hydrogen-bond donors (Lipinski definition) is 2. The van der Waals surface area contributed by atoms with E-state index in [-0.39, 0.29) is 0 Å². The third-order valence-corrected chi connectivity index (χ3v) is 2.92. The summed E-state index contributed by atoms with van der Waals surface area (Å²) in [5.41, 5.74) is 6.15. The summed E-state index contributed by atoms with van der Waals surface area (Å²) in [6.45, 7) is 2.27. The van der Waals surface area contributed by atoms with Crippen LogP contribution in [0, 0.1) is 0 Å². The van der Waals surface area contributed by atoms with E-state index in [1.165, 1.54) is 25.7 Å². The number of likely N-dealkylation sites (N-methyl/N-ethyl adjacent to an activating group) is 1. The van der Waals surface area contributed by atoms with Gasteiger partial charge in [0.2, 0.25) is 0 Å². The Kier molecular flexibility index (Phi) is 4.70. The molecular weight excluding hydrogens is 162 g/mol. The lowest BCUT2D eigenvalue weighted by atomic mass is 10.00. The molecule has 1 aliphatic rings. The van der Waals surface area contributed by atoms with E-state index in [1.54, 1.807) is 0 Å². The van der Waals surface area contributed by atoms with Crippen LogP contribution in [0.25, 0.3) is 0 Å². The van der Waals surface area contributed by atoms with E-state index in [9.17, 15) is 0 Å². The third kappa shape index (κ3) is 3.63. The molecule has 0 aromatic heterocycles. The van der Waals surface area contributed by atoms with Gasteiger partial charge in [0.15, 0.2) is 0 Å². The van der Waals surface area contributed by atoms with Crippen molar-refractivity contribution in [1.29, 1.82) is 0 Å². The van der Waals surface area contributed by atoms with Gasteiger partial charge >= 0.3 is 0 Å². The van der Waals surface area contributed by atoms with Crippen molar-refractivity contribution in [1.82, 2.24) is 10.2 Å². The lowest BCUT2D eigenvalue weighted by molar-refractivity contribution is 0.234. The summed E-state index contributed by atoms with van der Waals surface area (Å²) >= 11 is 0. The first kappa shape index (κ1) is 11.0. The Morgan fingerprint density at radius 3 is 2.62 bits per heavy atom. The fraction of sp³-hybridized carbons (Fsp3) is 1.00. The van der Waals surface area contributed by atoms with Crippen molar-refractivity contribution in [2.24, 2.45) is 5.73 Å². The molecule has 0 aliphatic carbocycles. The number of nitrogens with two attached hydrogens (primary N) is 1. The molecule has 0 bridgehead atoms. The molecule has 1 fully saturated rings. The van der Waals surface area contributed by atoms with Gasteiger partial charge in [-0.1, -0.05) is 6.42 Å². The van der Waals surface area contributed by atoms with E-state index in [0.717, 1.165) is 13.1 Å². The molecule has 2 atom stereocenters. The Bertz CT molecular complexity index is 136. The molecule has 2 unspecified atom stereocenters. The van der Waals surface area contributed by atoms with Gasteiger partial charge in [-0.15, -0.1) is 0 Å². The normalized spacial score (nSPS) is 32.3. The molecule has 1 saturated heterocycles. The van der Waals surface area contributed by atoms with E-state index in [1.807, 2.05) is 0 Å². The Balaban J connectivity index is 2.45. The second-order valence-corrected chi connectivity index (χ2v) is 4.23. The van der Waals surface area contributed by atoms with Crippen molar-refractivity contribution in [2.45, 2.75) is 37.8 Å². The van der Waals surface area contributed by atoms with E-state index < -0.39 is 0 Å². The minimum atomic E-state index is 0.356. The van der Waals surface area contributed by atoms with Crippen LogP contribution in [0.5, 0.6) is 0 Å². The molecule has 3 heteroatoms. The van der Waals surface area contributed by atoms with Gasteiger partial charge in [0, 0.05) is 12.1 Å². The Morgan fingerprint density at radius 1 is 1.15 bits per heavy atom. The van der Waals surface area contributed by atoms with E-state index in [0.29, 0.717) is 12.1 Å². The zero-order chi connectivity index (χ0) is 9.68. The molecule has 0 amide bonds. The Hall–Kier alpha value is -0.120. The Labute approximate surface area is 81.7 Å². The van der Waals surface area contributed by atoms with Gasteiger partial charge in [0.1, 0.15) is 0 Å². The first-order chi connectivity index (χ1) is 6.22. The van der Waals surface area contributed by atoms with Crippen LogP contribution in [-0.4, -0.2) is 44.2 Å². The highest BCUT2D eigenvalue weighted by Gasteiger charge is 2.19. The summed E-state index contributed by atoms with van der Waals surface area (Å²) in [4.78, 5) is 2.26. The fourth-order valence-electron chi connectivity index (χ4n) is 2.05. The minimum Gasteiger partial charge on any atom is -0.326 e. The Morgan fingerprint density at radius 2 is 1.92 bits per heavy atom. The first-order valence-corrected chi connectivity index (χ1v) is 5.34. The standard InChI is InChI=1S/C10H23N3/c1-13(2)10-6-8-12-7-4-3-5-9(10)11/h9-10,12H,3-8,11H2,1-2H3. The predicted octanol–water partition coefficient (Wildman–Crippen LogP) is 0.408. The van der Waals surface area contributed by atoms with Gasteiger partial charge in [-0.3, -0.25) is 0 Å². The maximum absolute atomic E-state index is 6.15. The van der Waals surface area contributed by atoms with Crippen molar-refractivity contribution in [3.05, 3.63) is 0 Å². The summed E-state index contributed by atoms with van der Waals surface area (Å²) in [5.74, 6) is 0. The number of hydrogen-bond acceptors (Lipinski definition) is 3. The molecule has 1 heterocycles. The van der Waals surface area contributed by atoms with E-state index >= 15 is 0 Å². The number of nitrogens with zero attached hydrogens (tertiary/aromatic N) is 1. The maximum atomic E-state index is 6.15. The van der Waals surface area contributed by atoms with Crippen LogP contribution < -0.4 is 11.1 Å². The largest absolute Gasteiger partial charge is 0.326 e. The smallest absolute Gasteiger partial charge is 0.0253 e. The van der Waals surface area contributed by atoms with Crippen molar-refractivity contribution in [3.8, 4) is 0 Å². The monoisotopic (exact) mass is 185 g/mol. The second kappa shape index (κ2) is 5.58. The second-order valence-electron chi connectivity index (χ2n) is 4.23. The number of nitrogens with one attached hydrogen (secondary N) is 1. The topological polar surface area (TPSA) is 41.3 Å². The van der Waals surface area contributed by atoms with Crippen LogP contribution >= 0.6 is 0 Å². The lowest BCUT2D eigenvalue weighted by Crippen LogP contribution is -2.45. The summed E-state index contributed by atoms with van der Waals surface area (Å²) in [5, 5.41) is 3.45. The fourth-order valence-corrected chi connectivity index (χ4v) is 2.05. The van der Waals surface area contributed by atoms with Crippen molar-refractivity contribution in [2.75, 3.05) is 27.2 Å². The van der Waals surface area contributed by atoms with Gasteiger partial charge in [-0.05, 0) is 46.4 Å². The summed E-state index contributed by atoms with van der Waals surface area (Å²) in [6, 6.07) is 0.903. The number of rotatable bonds is 1. The van der Waals surface area contributed by atoms with Crippen LogP contribution in [0.2, 0.25) is 0 Å². The molecule has 1 aliphatic heterocycles. The zero-order valence-electron chi connectivity index (χ0n) is 8.92. The molecule has 13 heavy (non-hydrogen) atoms. The van der Waals surface area contributed by atoms with Gasteiger partial charge in [0.05, 0.1) is 0 Å². The predicted molar refractivity (Wildman–Crippen MR) is 56.8 cm³/mol. The molecule has 3 nitrogen and oxygen atoms in total. The van der Waals surface area contributed by atoms with Crippen LogP contribution in [0.15, 0.2) is 0 Å². The van der Waals surface area contributed by atoms with Crippen LogP contribution in [-0.2, 0) is 0 Å².